The van der Waals surface area contributed by atoms with Gasteiger partial charge in [-0.1, -0.05) is 11.3 Å². The Labute approximate surface area is 96.0 Å². The fourth-order valence-electron chi connectivity index (χ4n) is 1.33. The van der Waals surface area contributed by atoms with Crippen molar-refractivity contribution in [2.75, 3.05) is 11.5 Å². The summed E-state index contributed by atoms with van der Waals surface area (Å²) < 4.78 is 15.8. The van der Waals surface area contributed by atoms with E-state index in [0.29, 0.717) is 11.5 Å². The Morgan fingerprint density at radius 2 is 2.07 bits per heavy atom. The maximum atomic E-state index is 11.9. The molecule has 0 N–H and O–H groups in total. The topological polar surface area (TPSA) is 72.3 Å². The molecule has 1 aromatic heterocycles. The predicted molar refractivity (Wildman–Crippen MR) is 58.8 cm³/mol. The molecule has 0 unspecified atom stereocenters. The maximum Gasteiger partial charge on any atom is 0.316 e. The zero-order valence-corrected chi connectivity index (χ0v) is 10.1. The molecule has 5 nitrogen and oxygen atoms in total. The zero-order valence-electron chi connectivity index (χ0n) is 7.68. The van der Waals surface area contributed by atoms with Gasteiger partial charge >= 0.3 is 5.91 Å². The van der Waals surface area contributed by atoms with Crippen LogP contribution in [0.15, 0.2) is 4.36 Å². The molecule has 82 valence electrons. The molecule has 2 heterocycles. The van der Waals surface area contributed by atoms with Gasteiger partial charge in [-0.2, -0.15) is 4.36 Å². The predicted octanol–water partition coefficient (Wildman–Crippen LogP) is 1.59. The maximum absolute atomic E-state index is 11.9. The van der Waals surface area contributed by atoms with Gasteiger partial charge in [-0.05, 0) is 24.4 Å². The number of halogens is 1. The van der Waals surface area contributed by atoms with Gasteiger partial charge in [-0.25, -0.2) is 4.21 Å². The zero-order chi connectivity index (χ0) is 10.9. The van der Waals surface area contributed by atoms with E-state index in [9.17, 15) is 9.00 Å². The van der Waals surface area contributed by atoms with Gasteiger partial charge in [0.15, 0.2) is 0 Å². The van der Waals surface area contributed by atoms with Crippen LogP contribution in [0.2, 0.25) is 4.47 Å². The second kappa shape index (κ2) is 4.15. The van der Waals surface area contributed by atoms with E-state index in [2.05, 4.69) is 14.6 Å². The lowest BCUT2D eigenvalue weighted by molar-refractivity contribution is 0.100. The molecule has 0 saturated carbocycles. The lowest BCUT2D eigenvalue weighted by atomic mass is 10.4. The summed E-state index contributed by atoms with van der Waals surface area (Å²) in [4.78, 5) is 11.5. The Morgan fingerprint density at radius 3 is 2.60 bits per heavy atom. The number of amides is 1. The number of hydrogen-bond acceptors (Lipinski definition) is 5. The van der Waals surface area contributed by atoms with E-state index in [0.717, 1.165) is 24.2 Å². The summed E-state index contributed by atoms with van der Waals surface area (Å²) in [6, 6.07) is 0. The van der Waals surface area contributed by atoms with Gasteiger partial charge in [0.1, 0.15) is 0 Å². The van der Waals surface area contributed by atoms with Crippen molar-refractivity contribution < 1.29 is 9.00 Å². The van der Waals surface area contributed by atoms with Crippen molar-refractivity contribution >= 4 is 38.6 Å². The van der Waals surface area contributed by atoms with Crippen molar-refractivity contribution in [2.24, 2.45) is 4.36 Å². The minimum Gasteiger partial charge on any atom is -0.263 e. The van der Waals surface area contributed by atoms with Crippen LogP contribution in [-0.4, -0.2) is 31.8 Å². The SMILES string of the molecule is O=C(N=S1(=O)CCCC1)c1nnc(Cl)s1. The van der Waals surface area contributed by atoms with Crippen molar-refractivity contribution in [2.45, 2.75) is 12.8 Å². The molecule has 2 rings (SSSR count). The highest BCUT2D eigenvalue weighted by Crippen LogP contribution is 2.18. The molecule has 0 aliphatic carbocycles. The minimum absolute atomic E-state index is 0.106. The van der Waals surface area contributed by atoms with E-state index in [1.54, 1.807) is 0 Å². The number of aromatic nitrogens is 2. The Kier molecular flexibility index (Phi) is 3.03. The molecule has 0 atom stereocenters. The number of carbonyl (C=O) groups is 1. The van der Waals surface area contributed by atoms with Crippen molar-refractivity contribution in [3.05, 3.63) is 9.47 Å². The Balaban J connectivity index is 2.26. The molecule has 1 aliphatic rings. The highest BCUT2D eigenvalue weighted by molar-refractivity contribution is 7.94. The van der Waals surface area contributed by atoms with Gasteiger partial charge < -0.3 is 0 Å². The van der Waals surface area contributed by atoms with Crippen molar-refractivity contribution in [3.8, 4) is 0 Å². The molecule has 0 aromatic carbocycles. The van der Waals surface area contributed by atoms with Crippen molar-refractivity contribution in [1.82, 2.24) is 10.2 Å². The van der Waals surface area contributed by atoms with Gasteiger partial charge in [-0.3, -0.25) is 4.79 Å². The summed E-state index contributed by atoms with van der Waals surface area (Å²) in [6.07, 6.45) is 1.74. The normalized spacial score (nSPS) is 19.0. The highest BCUT2D eigenvalue weighted by atomic mass is 35.5. The van der Waals surface area contributed by atoms with E-state index in [1.807, 2.05) is 0 Å². The van der Waals surface area contributed by atoms with Crippen molar-refractivity contribution in [3.63, 3.8) is 0 Å². The monoisotopic (exact) mass is 265 g/mol. The van der Waals surface area contributed by atoms with E-state index >= 15 is 0 Å². The van der Waals surface area contributed by atoms with Crippen molar-refractivity contribution in [1.29, 1.82) is 0 Å². The van der Waals surface area contributed by atoms with Crippen LogP contribution in [0.1, 0.15) is 22.6 Å². The van der Waals surface area contributed by atoms with E-state index in [4.69, 9.17) is 11.6 Å². The Morgan fingerprint density at radius 1 is 1.40 bits per heavy atom. The van der Waals surface area contributed by atoms with Crippen LogP contribution in [-0.2, 0) is 9.73 Å². The van der Waals surface area contributed by atoms with Gasteiger partial charge in [0.2, 0.25) is 9.47 Å². The number of carbonyl (C=O) groups excluding carboxylic acids is 1. The largest absolute Gasteiger partial charge is 0.316 e. The molecule has 1 amide bonds. The molecular weight excluding hydrogens is 258 g/mol. The van der Waals surface area contributed by atoms with E-state index < -0.39 is 15.6 Å². The first kappa shape index (κ1) is 11.0. The second-order valence-corrected chi connectivity index (χ2v) is 7.25. The lowest BCUT2D eigenvalue weighted by Gasteiger charge is -1.96. The molecule has 0 spiro atoms. The number of rotatable bonds is 1. The molecule has 0 bridgehead atoms. The molecular formula is C7H8ClN3O2S2. The average molecular weight is 266 g/mol. The van der Waals surface area contributed by atoms with Gasteiger partial charge in [0, 0.05) is 11.5 Å². The van der Waals surface area contributed by atoms with Gasteiger partial charge in [0.25, 0.3) is 0 Å². The summed E-state index contributed by atoms with van der Waals surface area (Å²) in [5.74, 6) is 0.447. The van der Waals surface area contributed by atoms with Crippen LogP contribution >= 0.6 is 22.9 Å². The number of nitrogens with zero attached hydrogens (tertiary/aromatic N) is 3. The molecule has 1 fully saturated rings. The third-order valence-corrected chi connectivity index (χ3v) is 5.37. The lowest BCUT2D eigenvalue weighted by Crippen LogP contribution is -2.06. The summed E-state index contributed by atoms with van der Waals surface area (Å²) in [7, 11) is -2.32. The molecule has 1 saturated heterocycles. The Hall–Kier alpha value is -0.530. The number of hydrogen-bond donors (Lipinski definition) is 0. The van der Waals surface area contributed by atoms with Crippen LogP contribution in [0, 0.1) is 0 Å². The van der Waals surface area contributed by atoms with Crippen LogP contribution < -0.4 is 0 Å². The van der Waals surface area contributed by atoms with Crippen LogP contribution in [0.5, 0.6) is 0 Å². The van der Waals surface area contributed by atoms with Crippen LogP contribution in [0.4, 0.5) is 0 Å². The van der Waals surface area contributed by atoms with Crippen LogP contribution in [0.25, 0.3) is 0 Å². The quantitative estimate of drug-likeness (QED) is 0.773. The molecule has 8 heteroatoms. The first-order chi connectivity index (χ1) is 7.09. The highest BCUT2D eigenvalue weighted by Gasteiger charge is 2.20. The fraction of sp³-hybridized carbons (Fsp3) is 0.571. The molecule has 1 aliphatic heterocycles. The Bertz CT molecular complexity index is 492. The third kappa shape index (κ3) is 2.53. The average Bonchev–Trinajstić information content (AvgIpc) is 2.75. The smallest absolute Gasteiger partial charge is 0.263 e. The molecule has 1 aromatic rings. The first-order valence-electron chi connectivity index (χ1n) is 4.35. The van der Waals surface area contributed by atoms with E-state index in [1.165, 1.54) is 0 Å². The van der Waals surface area contributed by atoms with E-state index in [-0.39, 0.29) is 9.47 Å². The standard InChI is InChI=1S/C7H8ClN3O2S2/c8-7-10-9-6(14-7)5(12)11-15(13)3-1-2-4-15/h1-4H2. The minimum atomic E-state index is -2.32. The van der Waals surface area contributed by atoms with Gasteiger partial charge in [0.05, 0.1) is 9.73 Å². The fourth-order valence-corrected chi connectivity index (χ4v) is 4.19. The van der Waals surface area contributed by atoms with Gasteiger partial charge in [-0.15, -0.1) is 10.2 Å². The first-order valence-corrected chi connectivity index (χ1v) is 7.40. The second-order valence-electron chi connectivity index (χ2n) is 3.14. The van der Waals surface area contributed by atoms with Crippen LogP contribution in [0.3, 0.4) is 0 Å². The molecule has 15 heavy (non-hydrogen) atoms. The summed E-state index contributed by atoms with van der Waals surface area (Å²) in [5.41, 5.74) is 0. The molecule has 0 radical (unpaired) electrons. The summed E-state index contributed by atoms with van der Waals surface area (Å²) in [5, 5.41) is 7.16. The third-order valence-electron chi connectivity index (χ3n) is 2.01. The summed E-state index contributed by atoms with van der Waals surface area (Å²) >= 11 is 6.49. The summed E-state index contributed by atoms with van der Waals surface area (Å²) in [6.45, 7) is 0.